The summed E-state index contributed by atoms with van der Waals surface area (Å²) in [5.74, 6) is -0.0342. The van der Waals surface area contributed by atoms with Crippen molar-refractivity contribution < 1.29 is 4.79 Å². The zero-order chi connectivity index (χ0) is 12.5. The van der Waals surface area contributed by atoms with E-state index in [0.29, 0.717) is 5.56 Å². The van der Waals surface area contributed by atoms with Gasteiger partial charge in [0, 0.05) is 15.8 Å². The summed E-state index contributed by atoms with van der Waals surface area (Å²) in [5, 5.41) is 1.87. The highest BCUT2D eigenvalue weighted by atomic mass is 32.1. The van der Waals surface area contributed by atoms with Crippen LogP contribution in [-0.4, -0.2) is 5.78 Å². The van der Waals surface area contributed by atoms with Gasteiger partial charge in [-0.1, -0.05) is 30.3 Å². The zero-order valence-electron chi connectivity index (χ0n) is 9.94. The first-order valence-corrected chi connectivity index (χ1v) is 6.34. The number of hydrogen-bond donors (Lipinski definition) is 1. The molecule has 0 bridgehead atoms. The van der Waals surface area contributed by atoms with E-state index < -0.39 is 5.54 Å². The standard InChI is InChI=1S/C14H15NOS/c1-10-8-11(9-17-10)13(16)14(2,15)12-6-4-3-5-7-12/h3-9H,15H2,1-2H3. The molecule has 0 spiro atoms. The minimum Gasteiger partial charge on any atom is -0.315 e. The summed E-state index contributed by atoms with van der Waals surface area (Å²) in [4.78, 5) is 13.5. The number of nitrogens with two attached hydrogens (primary N) is 1. The SMILES string of the molecule is Cc1cc(C(=O)C(C)(N)c2ccccc2)cs1. The van der Waals surface area contributed by atoms with Crippen molar-refractivity contribution in [2.24, 2.45) is 5.73 Å². The van der Waals surface area contributed by atoms with E-state index in [-0.39, 0.29) is 5.78 Å². The molecule has 3 heteroatoms. The molecule has 2 N–H and O–H groups in total. The summed E-state index contributed by atoms with van der Waals surface area (Å²) in [6, 6.07) is 11.4. The third kappa shape index (κ3) is 2.30. The van der Waals surface area contributed by atoms with E-state index in [9.17, 15) is 4.79 Å². The van der Waals surface area contributed by atoms with Gasteiger partial charge in [-0.2, -0.15) is 0 Å². The van der Waals surface area contributed by atoms with E-state index in [1.807, 2.05) is 48.7 Å². The van der Waals surface area contributed by atoms with Crippen LogP contribution in [0.3, 0.4) is 0 Å². The molecule has 0 radical (unpaired) electrons. The molecule has 1 unspecified atom stereocenters. The quantitative estimate of drug-likeness (QED) is 0.844. The molecule has 0 aliphatic rings. The fourth-order valence-electron chi connectivity index (χ4n) is 1.78. The molecular formula is C14H15NOS. The smallest absolute Gasteiger partial charge is 0.187 e. The molecule has 17 heavy (non-hydrogen) atoms. The van der Waals surface area contributed by atoms with Gasteiger partial charge in [0.2, 0.25) is 0 Å². The topological polar surface area (TPSA) is 43.1 Å². The fraction of sp³-hybridized carbons (Fsp3) is 0.214. The number of rotatable bonds is 3. The van der Waals surface area contributed by atoms with Crippen LogP contribution in [0.5, 0.6) is 0 Å². The molecule has 0 fully saturated rings. The molecule has 1 heterocycles. The molecule has 1 atom stereocenters. The summed E-state index contributed by atoms with van der Waals surface area (Å²) in [5.41, 5.74) is 6.75. The molecule has 2 aromatic rings. The summed E-state index contributed by atoms with van der Waals surface area (Å²) in [7, 11) is 0. The number of Topliss-reactive ketones (excluding diaryl/α,β-unsaturated/α-hetero) is 1. The molecule has 1 aromatic carbocycles. The molecule has 0 saturated carbocycles. The third-order valence-corrected chi connectivity index (χ3v) is 3.70. The van der Waals surface area contributed by atoms with Crippen LogP contribution in [0, 0.1) is 6.92 Å². The monoisotopic (exact) mass is 245 g/mol. The molecule has 2 rings (SSSR count). The van der Waals surface area contributed by atoms with Crippen molar-refractivity contribution in [3.63, 3.8) is 0 Å². The van der Waals surface area contributed by atoms with Gasteiger partial charge in [-0.25, -0.2) is 0 Å². The van der Waals surface area contributed by atoms with Crippen LogP contribution in [0.15, 0.2) is 41.8 Å². The van der Waals surface area contributed by atoms with E-state index in [1.165, 1.54) is 0 Å². The van der Waals surface area contributed by atoms with Crippen LogP contribution in [0.25, 0.3) is 0 Å². The fourth-order valence-corrected chi connectivity index (χ4v) is 2.46. The maximum Gasteiger partial charge on any atom is 0.187 e. The van der Waals surface area contributed by atoms with Gasteiger partial charge in [0.15, 0.2) is 5.78 Å². The van der Waals surface area contributed by atoms with Crippen molar-refractivity contribution in [1.82, 2.24) is 0 Å². The van der Waals surface area contributed by atoms with E-state index in [4.69, 9.17) is 5.73 Å². The Morgan fingerprint density at radius 2 is 1.94 bits per heavy atom. The van der Waals surface area contributed by atoms with Crippen LogP contribution < -0.4 is 5.73 Å². The highest BCUT2D eigenvalue weighted by Crippen LogP contribution is 2.25. The van der Waals surface area contributed by atoms with Crippen LogP contribution >= 0.6 is 11.3 Å². The maximum atomic E-state index is 12.4. The Bertz CT molecular complexity index is 528. The lowest BCUT2D eigenvalue weighted by Crippen LogP contribution is -2.41. The lowest BCUT2D eigenvalue weighted by molar-refractivity contribution is 0.0900. The van der Waals surface area contributed by atoms with Gasteiger partial charge in [-0.05, 0) is 25.5 Å². The van der Waals surface area contributed by atoms with Crippen molar-refractivity contribution in [2.45, 2.75) is 19.4 Å². The first-order chi connectivity index (χ1) is 8.01. The first-order valence-electron chi connectivity index (χ1n) is 5.46. The average molecular weight is 245 g/mol. The van der Waals surface area contributed by atoms with Crippen molar-refractivity contribution in [2.75, 3.05) is 0 Å². The third-order valence-electron chi connectivity index (χ3n) is 2.84. The Balaban J connectivity index is 2.36. The number of thiophene rings is 1. The van der Waals surface area contributed by atoms with Gasteiger partial charge >= 0.3 is 0 Å². The van der Waals surface area contributed by atoms with Crippen LogP contribution in [0.4, 0.5) is 0 Å². The number of carbonyl (C=O) groups is 1. The molecule has 0 aliphatic carbocycles. The Hall–Kier alpha value is -1.45. The summed E-state index contributed by atoms with van der Waals surface area (Å²) in [6.45, 7) is 3.75. The van der Waals surface area contributed by atoms with Crippen molar-refractivity contribution in [3.05, 3.63) is 57.8 Å². The summed E-state index contributed by atoms with van der Waals surface area (Å²) >= 11 is 1.57. The van der Waals surface area contributed by atoms with E-state index >= 15 is 0 Å². The van der Waals surface area contributed by atoms with Crippen molar-refractivity contribution >= 4 is 17.1 Å². The number of ketones is 1. The second kappa shape index (κ2) is 4.43. The van der Waals surface area contributed by atoms with Gasteiger partial charge in [0.1, 0.15) is 5.54 Å². The number of carbonyl (C=O) groups excluding carboxylic acids is 1. The lowest BCUT2D eigenvalue weighted by Gasteiger charge is -2.23. The second-order valence-electron chi connectivity index (χ2n) is 4.34. The predicted molar refractivity (Wildman–Crippen MR) is 71.4 cm³/mol. The normalized spacial score (nSPS) is 14.3. The molecular weight excluding hydrogens is 230 g/mol. The largest absolute Gasteiger partial charge is 0.315 e. The second-order valence-corrected chi connectivity index (χ2v) is 5.46. The lowest BCUT2D eigenvalue weighted by atomic mass is 9.86. The van der Waals surface area contributed by atoms with E-state index in [2.05, 4.69) is 0 Å². The van der Waals surface area contributed by atoms with E-state index in [0.717, 1.165) is 10.4 Å². The summed E-state index contributed by atoms with van der Waals surface area (Å²) < 4.78 is 0. The molecule has 2 nitrogen and oxygen atoms in total. The number of aryl methyl sites for hydroxylation is 1. The first kappa shape index (κ1) is 12.0. The highest BCUT2D eigenvalue weighted by Gasteiger charge is 2.31. The molecule has 0 aliphatic heterocycles. The highest BCUT2D eigenvalue weighted by molar-refractivity contribution is 7.10. The number of benzene rings is 1. The molecule has 88 valence electrons. The predicted octanol–water partition coefficient (Wildman–Crippen LogP) is 3.11. The van der Waals surface area contributed by atoms with Crippen molar-refractivity contribution in [1.29, 1.82) is 0 Å². The zero-order valence-corrected chi connectivity index (χ0v) is 10.8. The summed E-state index contributed by atoms with van der Waals surface area (Å²) in [6.07, 6.45) is 0. The van der Waals surface area contributed by atoms with Gasteiger partial charge in [0.05, 0.1) is 0 Å². The van der Waals surface area contributed by atoms with E-state index in [1.54, 1.807) is 18.3 Å². The Kier molecular flexibility index (Phi) is 3.13. The molecule has 0 amide bonds. The Labute approximate surface area is 105 Å². The van der Waals surface area contributed by atoms with Gasteiger partial charge in [-0.3, -0.25) is 4.79 Å². The Morgan fingerprint density at radius 3 is 2.47 bits per heavy atom. The van der Waals surface area contributed by atoms with Gasteiger partial charge < -0.3 is 5.73 Å². The van der Waals surface area contributed by atoms with Crippen LogP contribution in [0.1, 0.15) is 27.7 Å². The van der Waals surface area contributed by atoms with Gasteiger partial charge in [0.25, 0.3) is 0 Å². The van der Waals surface area contributed by atoms with Crippen LogP contribution in [-0.2, 0) is 5.54 Å². The van der Waals surface area contributed by atoms with Gasteiger partial charge in [-0.15, -0.1) is 11.3 Å². The van der Waals surface area contributed by atoms with Crippen molar-refractivity contribution in [3.8, 4) is 0 Å². The number of hydrogen-bond acceptors (Lipinski definition) is 3. The minimum absolute atomic E-state index is 0.0342. The maximum absolute atomic E-state index is 12.4. The molecule has 0 saturated heterocycles. The van der Waals surface area contributed by atoms with Crippen LogP contribution in [0.2, 0.25) is 0 Å². The Morgan fingerprint density at radius 1 is 1.29 bits per heavy atom. The molecule has 1 aromatic heterocycles. The minimum atomic E-state index is -0.964. The average Bonchev–Trinajstić information content (AvgIpc) is 2.76.